The molecule has 0 radical (unpaired) electrons. The number of nitrogens with zero attached hydrogens (tertiary/aromatic N) is 1. The first-order chi connectivity index (χ1) is 7.51. The molecule has 1 aromatic carbocycles. The molecule has 0 fully saturated rings. The zero-order valence-electron chi connectivity index (χ0n) is 8.54. The Morgan fingerprint density at radius 2 is 1.71 bits per heavy atom. The number of benzene rings is 1. The smallest absolute Gasteiger partial charge is 0.310 e. The van der Waals surface area contributed by atoms with Gasteiger partial charge in [0.25, 0.3) is 0 Å². The summed E-state index contributed by atoms with van der Waals surface area (Å²) >= 11 is 0. The van der Waals surface area contributed by atoms with Crippen LogP contribution in [0.2, 0.25) is 0 Å². The molecule has 0 unspecified atom stereocenters. The maximum atomic E-state index is 12.5. The van der Waals surface area contributed by atoms with Gasteiger partial charge >= 0.3 is 10.2 Å². The van der Waals surface area contributed by atoms with Gasteiger partial charge in [-0.15, -0.1) is 0 Å². The molecule has 8 heteroatoms. The lowest BCUT2D eigenvalue weighted by atomic mass is 10.2. The second-order valence-corrected chi connectivity index (χ2v) is 5.92. The highest BCUT2D eigenvalue weighted by Gasteiger charge is 2.65. The van der Waals surface area contributed by atoms with E-state index in [1.807, 2.05) is 0 Å². The van der Waals surface area contributed by atoms with E-state index in [2.05, 4.69) is 0 Å². The van der Waals surface area contributed by atoms with Crippen LogP contribution in [0.4, 0.5) is 19.4 Å². The normalized spacial score (nSPS) is 16.6. The molecule has 0 aliphatic rings. The van der Waals surface area contributed by atoms with Crippen molar-refractivity contribution in [1.82, 2.24) is 4.73 Å². The summed E-state index contributed by atoms with van der Waals surface area (Å²) in [4.78, 5) is 2.90. The Morgan fingerprint density at radius 1 is 1.06 bits per heavy atom. The van der Waals surface area contributed by atoms with E-state index in [1.54, 1.807) is 0 Å². The number of aromatic nitrogens is 1. The van der Waals surface area contributed by atoms with Gasteiger partial charge in [-0.25, -0.2) is 0 Å². The van der Waals surface area contributed by atoms with E-state index >= 15 is 0 Å². The number of halogens is 5. The van der Waals surface area contributed by atoms with Gasteiger partial charge < -0.3 is 4.84 Å². The van der Waals surface area contributed by atoms with Crippen LogP contribution in [0.3, 0.4) is 0 Å². The number of hydrogen-bond acceptors (Lipinski definition) is 1. The average molecular weight is 273 g/mol. The first kappa shape index (κ1) is 12.0. The number of hydrogen-bond donors (Lipinski definition) is 0. The predicted octanol–water partition coefficient (Wildman–Crippen LogP) is 4.36. The highest BCUT2D eigenvalue weighted by Crippen LogP contribution is 3.02. The molecule has 2 rings (SSSR count). The molecule has 0 spiro atoms. The molecule has 0 saturated carbocycles. The molecule has 1 heterocycles. The van der Waals surface area contributed by atoms with Crippen molar-refractivity contribution in [2.24, 2.45) is 0 Å². The molecule has 1 aromatic heterocycles. The molecular formula is C9H8F5NOS. The molecule has 0 bridgehead atoms. The standard InChI is InChI=1S/C9H8F5NOS/c1-16-15-5-4-7-6-8(2-3-9(7)15)17(10,11,12,13)14/h2-6H,1H3. The topological polar surface area (TPSA) is 14.2 Å². The summed E-state index contributed by atoms with van der Waals surface area (Å²) in [5, 5.41) is 0.0394. The number of fused-ring (bicyclic) bond motifs is 1. The molecular weight excluding hydrogens is 265 g/mol. The van der Waals surface area contributed by atoms with Crippen LogP contribution in [0.5, 0.6) is 0 Å². The van der Waals surface area contributed by atoms with Crippen LogP contribution in [0.15, 0.2) is 35.4 Å². The third kappa shape index (κ3) is 2.17. The molecule has 2 nitrogen and oxygen atoms in total. The SMILES string of the molecule is COn1ccc2cc(S(F)(F)(F)(F)F)ccc21. The van der Waals surface area contributed by atoms with E-state index in [0.717, 1.165) is 6.07 Å². The van der Waals surface area contributed by atoms with Crippen LogP contribution in [0, 0.1) is 0 Å². The van der Waals surface area contributed by atoms with E-state index in [9.17, 15) is 19.4 Å². The van der Waals surface area contributed by atoms with Gasteiger partial charge in [-0.2, -0.15) is 4.73 Å². The van der Waals surface area contributed by atoms with Crippen molar-refractivity contribution in [3.63, 3.8) is 0 Å². The van der Waals surface area contributed by atoms with Crippen LogP contribution < -0.4 is 4.84 Å². The highest BCUT2D eigenvalue weighted by atomic mass is 32.5. The molecule has 96 valence electrons. The largest absolute Gasteiger partial charge is 0.417 e. The monoisotopic (exact) mass is 273 g/mol. The average Bonchev–Trinajstić information content (AvgIpc) is 2.55. The molecule has 17 heavy (non-hydrogen) atoms. The van der Waals surface area contributed by atoms with Gasteiger partial charge in [0.1, 0.15) is 12.0 Å². The number of rotatable bonds is 2. The van der Waals surface area contributed by atoms with Gasteiger partial charge in [-0.3, -0.25) is 0 Å². The van der Waals surface area contributed by atoms with Crippen molar-refractivity contribution in [2.75, 3.05) is 7.11 Å². The van der Waals surface area contributed by atoms with Crippen LogP contribution in [0.1, 0.15) is 0 Å². The van der Waals surface area contributed by atoms with E-state index < -0.39 is 15.1 Å². The highest BCUT2D eigenvalue weighted by molar-refractivity contribution is 8.45. The van der Waals surface area contributed by atoms with Gasteiger partial charge in [0, 0.05) is 11.6 Å². The molecule has 0 saturated heterocycles. The van der Waals surface area contributed by atoms with Gasteiger partial charge in [0.15, 0.2) is 0 Å². The van der Waals surface area contributed by atoms with Crippen molar-refractivity contribution in [3.05, 3.63) is 30.5 Å². The Labute approximate surface area is 93.3 Å². The van der Waals surface area contributed by atoms with Crippen LogP contribution in [0.25, 0.3) is 10.9 Å². The lowest BCUT2D eigenvalue weighted by Gasteiger charge is -2.40. The van der Waals surface area contributed by atoms with Gasteiger partial charge in [-0.05, 0) is 24.3 Å². The Balaban J connectivity index is 2.70. The Bertz CT molecular complexity index is 588. The second kappa shape index (κ2) is 2.69. The lowest BCUT2D eigenvalue weighted by Crippen LogP contribution is -2.06. The van der Waals surface area contributed by atoms with E-state index in [-0.39, 0.29) is 10.9 Å². The van der Waals surface area contributed by atoms with Crippen LogP contribution in [-0.4, -0.2) is 11.8 Å². The first-order valence-corrected chi connectivity index (χ1v) is 6.36. The van der Waals surface area contributed by atoms with E-state index in [4.69, 9.17) is 4.84 Å². The quantitative estimate of drug-likeness (QED) is 0.742. The third-order valence-corrected chi connectivity index (χ3v) is 3.41. The summed E-state index contributed by atoms with van der Waals surface area (Å²) in [6.07, 6.45) is 1.35. The first-order valence-electron chi connectivity index (χ1n) is 4.41. The third-order valence-electron chi connectivity index (χ3n) is 2.27. The van der Waals surface area contributed by atoms with Gasteiger partial charge in [-0.1, -0.05) is 19.4 Å². The van der Waals surface area contributed by atoms with Crippen molar-refractivity contribution in [1.29, 1.82) is 0 Å². The summed E-state index contributed by atoms with van der Waals surface area (Å²) < 4.78 is 63.8. The Hall–Kier alpha value is -1.44. The van der Waals surface area contributed by atoms with Crippen molar-refractivity contribution in [3.8, 4) is 0 Å². The summed E-state index contributed by atoms with van der Waals surface area (Å²) in [7, 11) is -8.29. The maximum Gasteiger partial charge on any atom is 0.310 e. The molecule has 2 aromatic rings. The van der Waals surface area contributed by atoms with Crippen LogP contribution >= 0.6 is 10.2 Å². The van der Waals surface area contributed by atoms with E-state index in [1.165, 1.54) is 24.1 Å². The van der Waals surface area contributed by atoms with E-state index in [0.29, 0.717) is 12.1 Å². The van der Waals surface area contributed by atoms with Crippen molar-refractivity contribution >= 4 is 21.1 Å². The molecule has 0 N–H and O–H groups in total. The molecule has 0 atom stereocenters. The summed E-state index contributed by atoms with van der Waals surface area (Å²) in [5.74, 6) is 0. The fourth-order valence-corrected chi connectivity index (χ4v) is 2.17. The van der Waals surface area contributed by atoms with Crippen LogP contribution in [-0.2, 0) is 0 Å². The van der Waals surface area contributed by atoms with Gasteiger partial charge in [0.2, 0.25) is 0 Å². The maximum absolute atomic E-state index is 12.5. The summed E-state index contributed by atoms with van der Waals surface area (Å²) in [6.45, 7) is 0. The predicted molar refractivity (Wildman–Crippen MR) is 55.8 cm³/mol. The lowest BCUT2D eigenvalue weighted by molar-refractivity contribution is 0.179. The zero-order chi connectivity index (χ0) is 13.0. The van der Waals surface area contributed by atoms with Crippen molar-refractivity contribution < 1.29 is 24.3 Å². The minimum atomic E-state index is -9.61. The summed E-state index contributed by atoms with van der Waals surface area (Å²) in [6, 6.07) is 3.00. The van der Waals surface area contributed by atoms with Gasteiger partial charge in [0.05, 0.1) is 5.52 Å². The molecule has 0 amide bonds. The molecule has 0 aliphatic heterocycles. The van der Waals surface area contributed by atoms with Crippen molar-refractivity contribution in [2.45, 2.75) is 4.90 Å². The second-order valence-electron chi connectivity index (χ2n) is 3.51. The fraction of sp³-hybridized carbons (Fsp3) is 0.111. The summed E-state index contributed by atoms with van der Waals surface area (Å²) in [5.41, 5.74) is 0.290. The fourth-order valence-electron chi connectivity index (χ4n) is 1.49. The minimum absolute atomic E-state index is 0.0394. The Kier molecular flexibility index (Phi) is 1.90. The Morgan fingerprint density at radius 3 is 2.24 bits per heavy atom. The molecule has 0 aliphatic carbocycles. The minimum Gasteiger partial charge on any atom is -0.417 e. The zero-order valence-corrected chi connectivity index (χ0v) is 9.36.